The Labute approximate surface area is 122 Å². The van der Waals surface area contributed by atoms with Crippen LogP contribution in [0.1, 0.15) is 0 Å². The van der Waals surface area contributed by atoms with Gasteiger partial charge in [0.05, 0.1) is 5.52 Å². The quantitative estimate of drug-likeness (QED) is 0.743. The lowest BCUT2D eigenvalue weighted by Crippen LogP contribution is -2.44. The van der Waals surface area contributed by atoms with Gasteiger partial charge in [-0.05, 0) is 12.1 Å². The Bertz CT molecular complexity index is 754. The van der Waals surface area contributed by atoms with Gasteiger partial charge >= 0.3 is 0 Å². The van der Waals surface area contributed by atoms with Crippen LogP contribution in [0, 0.1) is 0 Å². The summed E-state index contributed by atoms with van der Waals surface area (Å²) < 4.78 is 0. The first-order valence-corrected chi connectivity index (χ1v) is 7.14. The number of piperazine rings is 1. The van der Waals surface area contributed by atoms with Gasteiger partial charge in [-0.25, -0.2) is 0 Å². The van der Waals surface area contributed by atoms with E-state index >= 15 is 0 Å². The van der Waals surface area contributed by atoms with Crippen molar-refractivity contribution in [3.8, 4) is 11.4 Å². The SMILES string of the molecule is c1ccc2c(-c3nc(N4CCNCC4)n[nH]3)ccnc2c1. The van der Waals surface area contributed by atoms with Gasteiger partial charge in [-0.2, -0.15) is 4.98 Å². The average molecular weight is 280 g/mol. The number of aromatic amines is 1. The summed E-state index contributed by atoms with van der Waals surface area (Å²) in [6, 6.07) is 10.0. The van der Waals surface area contributed by atoms with E-state index in [1.54, 1.807) is 0 Å². The average Bonchev–Trinajstić information content (AvgIpc) is 3.05. The smallest absolute Gasteiger partial charge is 0.245 e. The van der Waals surface area contributed by atoms with Crippen LogP contribution in [0.2, 0.25) is 0 Å². The summed E-state index contributed by atoms with van der Waals surface area (Å²) in [5.74, 6) is 1.56. The Morgan fingerprint density at radius 2 is 1.90 bits per heavy atom. The number of pyridine rings is 1. The summed E-state index contributed by atoms with van der Waals surface area (Å²) in [4.78, 5) is 11.2. The molecule has 1 saturated heterocycles. The van der Waals surface area contributed by atoms with E-state index in [0.29, 0.717) is 0 Å². The number of nitrogens with one attached hydrogen (secondary N) is 2. The molecule has 0 aliphatic carbocycles. The zero-order valence-corrected chi connectivity index (χ0v) is 11.6. The molecule has 0 atom stereocenters. The minimum Gasteiger partial charge on any atom is -0.337 e. The third-order valence-corrected chi connectivity index (χ3v) is 3.78. The summed E-state index contributed by atoms with van der Waals surface area (Å²) in [6.45, 7) is 3.83. The highest BCUT2D eigenvalue weighted by Crippen LogP contribution is 2.25. The topological polar surface area (TPSA) is 69.7 Å². The predicted molar refractivity (Wildman–Crippen MR) is 82.2 cm³/mol. The Morgan fingerprint density at radius 1 is 1.05 bits per heavy atom. The van der Waals surface area contributed by atoms with Gasteiger partial charge in [0.25, 0.3) is 0 Å². The van der Waals surface area contributed by atoms with Crippen LogP contribution in [-0.4, -0.2) is 46.3 Å². The van der Waals surface area contributed by atoms with Crippen molar-refractivity contribution in [2.24, 2.45) is 0 Å². The van der Waals surface area contributed by atoms with Crippen LogP contribution >= 0.6 is 0 Å². The zero-order chi connectivity index (χ0) is 14.1. The maximum absolute atomic E-state index is 4.66. The molecule has 0 spiro atoms. The second-order valence-electron chi connectivity index (χ2n) is 5.10. The number of H-pyrrole nitrogens is 1. The van der Waals surface area contributed by atoms with Crippen LogP contribution < -0.4 is 10.2 Å². The maximum Gasteiger partial charge on any atom is 0.245 e. The number of rotatable bonds is 2. The number of nitrogens with zero attached hydrogens (tertiary/aromatic N) is 4. The highest BCUT2D eigenvalue weighted by molar-refractivity contribution is 5.92. The largest absolute Gasteiger partial charge is 0.337 e. The molecular weight excluding hydrogens is 264 g/mol. The molecule has 6 nitrogen and oxygen atoms in total. The molecule has 3 heterocycles. The molecule has 2 aromatic heterocycles. The van der Waals surface area contributed by atoms with Crippen LogP contribution in [0.5, 0.6) is 0 Å². The number of fused-ring (bicyclic) bond motifs is 1. The van der Waals surface area contributed by atoms with Gasteiger partial charge in [-0.1, -0.05) is 18.2 Å². The number of hydrogen-bond acceptors (Lipinski definition) is 5. The minimum atomic E-state index is 0.771. The Balaban J connectivity index is 1.74. The molecule has 0 radical (unpaired) electrons. The van der Waals surface area contributed by atoms with Crippen molar-refractivity contribution < 1.29 is 0 Å². The molecule has 1 aliphatic rings. The lowest BCUT2D eigenvalue weighted by atomic mass is 10.1. The number of benzene rings is 1. The van der Waals surface area contributed by atoms with E-state index in [2.05, 4.69) is 36.4 Å². The molecule has 0 bridgehead atoms. The molecule has 106 valence electrons. The first-order chi connectivity index (χ1) is 10.4. The molecule has 21 heavy (non-hydrogen) atoms. The lowest BCUT2D eigenvalue weighted by molar-refractivity contribution is 0.580. The van der Waals surface area contributed by atoms with E-state index in [0.717, 1.165) is 54.4 Å². The van der Waals surface area contributed by atoms with Crippen molar-refractivity contribution in [1.29, 1.82) is 0 Å². The Kier molecular flexibility index (Phi) is 3.01. The summed E-state index contributed by atoms with van der Waals surface area (Å²) in [6.07, 6.45) is 1.81. The van der Waals surface area contributed by atoms with Gasteiger partial charge < -0.3 is 10.2 Å². The van der Waals surface area contributed by atoms with Crippen LogP contribution in [0.15, 0.2) is 36.5 Å². The summed E-state index contributed by atoms with van der Waals surface area (Å²) >= 11 is 0. The Hall–Kier alpha value is -2.47. The predicted octanol–water partition coefficient (Wildman–Crippen LogP) is 1.43. The maximum atomic E-state index is 4.66. The number of aromatic nitrogens is 4. The van der Waals surface area contributed by atoms with E-state index in [9.17, 15) is 0 Å². The number of hydrogen-bond donors (Lipinski definition) is 2. The number of para-hydroxylation sites is 1. The van der Waals surface area contributed by atoms with Gasteiger partial charge in [-0.3, -0.25) is 10.1 Å². The summed E-state index contributed by atoms with van der Waals surface area (Å²) in [5, 5.41) is 11.8. The summed E-state index contributed by atoms with van der Waals surface area (Å²) in [5.41, 5.74) is 2.00. The van der Waals surface area contributed by atoms with E-state index in [4.69, 9.17) is 0 Å². The normalized spacial score (nSPS) is 15.5. The molecule has 6 heteroatoms. The van der Waals surface area contributed by atoms with Crippen molar-refractivity contribution in [2.45, 2.75) is 0 Å². The standard InChI is InChI=1S/C15H16N6/c1-2-4-13-11(3-1)12(5-6-17-13)14-18-15(20-19-14)21-9-7-16-8-10-21/h1-6,16H,7-10H2,(H,18,19,20). The van der Waals surface area contributed by atoms with E-state index in [1.165, 1.54) is 0 Å². The van der Waals surface area contributed by atoms with Crippen LogP contribution in [0.25, 0.3) is 22.3 Å². The fourth-order valence-electron chi connectivity index (χ4n) is 2.68. The second-order valence-corrected chi connectivity index (χ2v) is 5.10. The minimum absolute atomic E-state index is 0.771. The fraction of sp³-hybridized carbons (Fsp3) is 0.267. The zero-order valence-electron chi connectivity index (χ0n) is 11.6. The first-order valence-electron chi connectivity index (χ1n) is 7.14. The third-order valence-electron chi connectivity index (χ3n) is 3.78. The van der Waals surface area contributed by atoms with Crippen molar-refractivity contribution in [3.05, 3.63) is 36.5 Å². The van der Waals surface area contributed by atoms with E-state index in [1.807, 2.05) is 30.5 Å². The molecule has 0 unspecified atom stereocenters. The van der Waals surface area contributed by atoms with E-state index < -0.39 is 0 Å². The highest BCUT2D eigenvalue weighted by atomic mass is 15.4. The van der Waals surface area contributed by atoms with Crippen LogP contribution in [0.4, 0.5) is 5.95 Å². The van der Waals surface area contributed by atoms with Crippen LogP contribution in [0.3, 0.4) is 0 Å². The molecule has 0 amide bonds. The molecule has 4 rings (SSSR count). The molecule has 2 N–H and O–H groups in total. The fourth-order valence-corrected chi connectivity index (χ4v) is 2.68. The lowest BCUT2D eigenvalue weighted by Gasteiger charge is -2.25. The van der Waals surface area contributed by atoms with Crippen molar-refractivity contribution in [2.75, 3.05) is 31.1 Å². The van der Waals surface area contributed by atoms with Crippen molar-refractivity contribution in [1.82, 2.24) is 25.5 Å². The highest BCUT2D eigenvalue weighted by Gasteiger charge is 2.16. The first kappa shape index (κ1) is 12.3. The molecule has 0 saturated carbocycles. The molecule has 1 aromatic carbocycles. The molecule has 1 fully saturated rings. The van der Waals surface area contributed by atoms with Crippen LogP contribution in [-0.2, 0) is 0 Å². The third kappa shape index (κ3) is 2.23. The molecule has 1 aliphatic heterocycles. The second kappa shape index (κ2) is 5.14. The van der Waals surface area contributed by atoms with Crippen molar-refractivity contribution in [3.63, 3.8) is 0 Å². The Morgan fingerprint density at radius 3 is 2.81 bits per heavy atom. The monoisotopic (exact) mass is 280 g/mol. The van der Waals surface area contributed by atoms with E-state index in [-0.39, 0.29) is 0 Å². The van der Waals surface area contributed by atoms with Gasteiger partial charge in [-0.15, -0.1) is 5.10 Å². The van der Waals surface area contributed by atoms with Gasteiger partial charge in [0.15, 0.2) is 5.82 Å². The summed E-state index contributed by atoms with van der Waals surface area (Å²) in [7, 11) is 0. The number of anilines is 1. The van der Waals surface area contributed by atoms with Gasteiger partial charge in [0, 0.05) is 43.3 Å². The van der Waals surface area contributed by atoms with Gasteiger partial charge in [0.2, 0.25) is 5.95 Å². The molecule has 3 aromatic rings. The van der Waals surface area contributed by atoms with Crippen molar-refractivity contribution >= 4 is 16.9 Å². The van der Waals surface area contributed by atoms with Gasteiger partial charge in [0.1, 0.15) is 0 Å². The molecular formula is C15H16N6.